The van der Waals surface area contributed by atoms with Crippen molar-refractivity contribution in [3.63, 3.8) is 0 Å². The predicted molar refractivity (Wildman–Crippen MR) is 111 cm³/mol. The van der Waals surface area contributed by atoms with Crippen molar-refractivity contribution in [2.45, 2.75) is 18.9 Å². The van der Waals surface area contributed by atoms with E-state index in [1.807, 2.05) is 29.2 Å². The molecule has 5 heteroatoms. The molecule has 2 atom stereocenters. The molecule has 1 N–H and O–H groups in total. The molecule has 1 saturated heterocycles. The van der Waals surface area contributed by atoms with Crippen molar-refractivity contribution in [1.82, 2.24) is 19.8 Å². The number of likely N-dealkylation sites (N-methyl/N-ethyl adjacent to an activating group) is 1. The van der Waals surface area contributed by atoms with Gasteiger partial charge in [-0.05, 0) is 38.7 Å². The third-order valence-corrected chi connectivity index (χ3v) is 5.63. The first-order chi connectivity index (χ1) is 13.5. The highest BCUT2D eigenvalue weighted by atomic mass is 16.2. The SMILES string of the molecule is Cc1ccc([C@@H]2CN(C(=O)c3cccc(-c4ncc[nH]4)c3)C[C@H]2N(C)C)cc1. The van der Waals surface area contributed by atoms with Gasteiger partial charge in [-0.1, -0.05) is 42.0 Å². The van der Waals surface area contributed by atoms with Crippen molar-refractivity contribution >= 4 is 5.91 Å². The van der Waals surface area contributed by atoms with Gasteiger partial charge in [-0.3, -0.25) is 4.79 Å². The number of hydrogen-bond donors (Lipinski definition) is 1. The summed E-state index contributed by atoms with van der Waals surface area (Å²) in [4.78, 5) is 24.9. The van der Waals surface area contributed by atoms with Crippen molar-refractivity contribution in [2.24, 2.45) is 0 Å². The average Bonchev–Trinajstić information content (AvgIpc) is 3.38. The smallest absolute Gasteiger partial charge is 0.253 e. The first-order valence-corrected chi connectivity index (χ1v) is 9.65. The second-order valence-corrected chi connectivity index (χ2v) is 7.78. The van der Waals surface area contributed by atoms with Crippen LogP contribution in [0.3, 0.4) is 0 Å². The second-order valence-electron chi connectivity index (χ2n) is 7.78. The molecule has 1 aliphatic rings. The monoisotopic (exact) mass is 374 g/mol. The van der Waals surface area contributed by atoms with Gasteiger partial charge in [0.05, 0.1) is 0 Å². The van der Waals surface area contributed by atoms with Crippen LogP contribution in [0.5, 0.6) is 0 Å². The fraction of sp³-hybridized carbons (Fsp3) is 0.304. The highest BCUT2D eigenvalue weighted by molar-refractivity contribution is 5.95. The van der Waals surface area contributed by atoms with E-state index in [0.717, 1.165) is 24.5 Å². The molecular weight excluding hydrogens is 348 g/mol. The van der Waals surface area contributed by atoms with Crippen LogP contribution in [-0.2, 0) is 0 Å². The summed E-state index contributed by atoms with van der Waals surface area (Å²) in [6.07, 6.45) is 3.51. The highest BCUT2D eigenvalue weighted by Gasteiger charge is 2.37. The second kappa shape index (κ2) is 7.60. The lowest BCUT2D eigenvalue weighted by atomic mass is 9.93. The minimum atomic E-state index is 0.0786. The number of aromatic nitrogens is 2. The molecule has 1 amide bonds. The number of aryl methyl sites for hydroxylation is 1. The molecular formula is C23H26N4O. The molecule has 0 radical (unpaired) electrons. The van der Waals surface area contributed by atoms with Gasteiger partial charge >= 0.3 is 0 Å². The van der Waals surface area contributed by atoms with E-state index in [9.17, 15) is 4.79 Å². The lowest BCUT2D eigenvalue weighted by Crippen LogP contribution is -2.35. The van der Waals surface area contributed by atoms with Gasteiger partial charge in [0.1, 0.15) is 5.82 Å². The molecule has 5 nitrogen and oxygen atoms in total. The molecule has 1 aromatic heterocycles. The molecule has 0 unspecified atom stereocenters. The van der Waals surface area contributed by atoms with Gasteiger partial charge < -0.3 is 14.8 Å². The van der Waals surface area contributed by atoms with E-state index >= 15 is 0 Å². The van der Waals surface area contributed by atoms with E-state index in [0.29, 0.717) is 17.5 Å². The Morgan fingerprint density at radius 1 is 1.14 bits per heavy atom. The number of nitrogens with one attached hydrogen (secondary N) is 1. The van der Waals surface area contributed by atoms with Crippen LogP contribution in [0.2, 0.25) is 0 Å². The van der Waals surface area contributed by atoms with Gasteiger partial charge in [0.2, 0.25) is 0 Å². The molecule has 1 aliphatic heterocycles. The Bertz CT molecular complexity index is 947. The summed E-state index contributed by atoms with van der Waals surface area (Å²) >= 11 is 0. The first kappa shape index (κ1) is 18.4. The fourth-order valence-corrected chi connectivity index (χ4v) is 4.02. The minimum Gasteiger partial charge on any atom is -0.345 e. The molecule has 0 spiro atoms. The standard InChI is InChI=1S/C23H26N4O/c1-16-7-9-17(10-8-16)20-14-27(15-21(20)26(2)3)23(28)19-6-4-5-18(13-19)22-24-11-12-25-22/h4-13,20-21H,14-15H2,1-3H3,(H,24,25)/t20-,21+/m0/s1. The van der Waals surface area contributed by atoms with Crippen molar-refractivity contribution in [3.8, 4) is 11.4 Å². The number of carbonyl (C=O) groups excluding carboxylic acids is 1. The Labute approximate surface area is 166 Å². The van der Waals surface area contributed by atoms with E-state index in [2.05, 4.69) is 60.2 Å². The summed E-state index contributed by atoms with van der Waals surface area (Å²) in [5.41, 5.74) is 4.18. The summed E-state index contributed by atoms with van der Waals surface area (Å²) in [7, 11) is 4.19. The molecule has 0 aliphatic carbocycles. The van der Waals surface area contributed by atoms with Crippen LogP contribution in [0, 0.1) is 6.92 Å². The number of amides is 1. The number of benzene rings is 2. The van der Waals surface area contributed by atoms with Crippen molar-refractivity contribution < 1.29 is 4.79 Å². The summed E-state index contributed by atoms with van der Waals surface area (Å²) in [6.45, 7) is 3.56. The average molecular weight is 374 g/mol. The zero-order valence-corrected chi connectivity index (χ0v) is 16.6. The summed E-state index contributed by atoms with van der Waals surface area (Å²) in [6, 6.07) is 16.7. The summed E-state index contributed by atoms with van der Waals surface area (Å²) in [5, 5.41) is 0. The first-order valence-electron chi connectivity index (χ1n) is 9.65. The number of hydrogen-bond acceptors (Lipinski definition) is 3. The molecule has 144 valence electrons. The van der Waals surface area contributed by atoms with E-state index in [1.165, 1.54) is 11.1 Å². The zero-order chi connectivity index (χ0) is 19.7. The number of aromatic amines is 1. The van der Waals surface area contributed by atoms with Crippen LogP contribution < -0.4 is 0 Å². The molecule has 2 heterocycles. The summed E-state index contributed by atoms with van der Waals surface area (Å²) < 4.78 is 0. The normalized spacial score (nSPS) is 19.4. The Kier molecular flexibility index (Phi) is 5.01. The van der Waals surface area contributed by atoms with Gasteiger partial charge in [-0.25, -0.2) is 4.98 Å². The Hall–Kier alpha value is -2.92. The van der Waals surface area contributed by atoms with E-state index in [1.54, 1.807) is 12.4 Å². The van der Waals surface area contributed by atoms with E-state index < -0.39 is 0 Å². The summed E-state index contributed by atoms with van der Waals surface area (Å²) in [5.74, 6) is 1.17. The number of nitrogens with zero attached hydrogens (tertiary/aromatic N) is 3. The predicted octanol–water partition coefficient (Wildman–Crippen LogP) is 3.55. The molecule has 28 heavy (non-hydrogen) atoms. The van der Waals surface area contributed by atoms with Gasteiger partial charge in [-0.15, -0.1) is 0 Å². The van der Waals surface area contributed by atoms with Crippen LogP contribution in [0.25, 0.3) is 11.4 Å². The van der Waals surface area contributed by atoms with Crippen molar-refractivity contribution in [1.29, 1.82) is 0 Å². The third-order valence-electron chi connectivity index (χ3n) is 5.63. The Balaban J connectivity index is 1.58. The maximum atomic E-state index is 13.2. The number of H-pyrrole nitrogens is 1. The zero-order valence-electron chi connectivity index (χ0n) is 16.6. The number of likely N-dealkylation sites (tertiary alicyclic amines) is 1. The Morgan fingerprint density at radius 3 is 2.61 bits per heavy atom. The van der Waals surface area contributed by atoms with E-state index in [4.69, 9.17) is 0 Å². The van der Waals surface area contributed by atoms with Gasteiger partial charge in [0.25, 0.3) is 5.91 Å². The van der Waals surface area contributed by atoms with Gasteiger partial charge in [0, 0.05) is 48.6 Å². The van der Waals surface area contributed by atoms with Crippen LogP contribution in [-0.4, -0.2) is 58.9 Å². The number of rotatable bonds is 4. The molecule has 1 fully saturated rings. The van der Waals surface area contributed by atoms with Crippen LogP contribution in [0.4, 0.5) is 0 Å². The lowest BCUT2D eigenvalue weighted by Gasteiger charge is -2.25. The van der Waals surface area contributed by atoms with Gasteiger partial charge in [-0.2, -0.15) is 0 Å². The third kappa shape index (κ3) is 3.58. The van der Waals surface area contributed by atoms with Crippen molar-refractivity contribution in [3.05, 3.63) is 77.6 Å². The fourth-order valence-electron chi connectivity index (χ4n) is 4.02. The largest absolute Gasteiger partial charge is 0.345 e. The van der Waals surface area contributed by atoms with E-state index in [-0.39, 0.29) is 5.91 Å². The highest BCUT2D eigenvalue weighted by Crippen LogP contribution is 2.31. The Morgan fingerprint density at radius 2 is 1.93 bits per heavy atom. The molecule has 2 aromatic carbocycles. The molecule has 3 aromatic rings. The molecule has 0 bridgehead atoms. The topological polar surface area (TPSA) is 52.2 Å². The number of carbonyl (C=O) groups is 1. The molecule has 4 rings (SSSR count). The van der Waals surface area contributed by atoms with Crippen LogP contribution in [0.1, 0.15) is 27.4 Å². The van der Waals surface area contributed by atoms with Crippen molar-refractivity contribution in [2.75, 3.05) is 27.2 Å². The number of imidazole rings is 1. The lowest BCUT2D eigenvalue weighted by molar-refractivity contribution is 0.0782. The van der Waals surface area contributed by atoms with Crippen LogP contribution in [0.15, 0.2) is 60.9 Å². The van der Waals surface area contributed by atoms with Gasteiger partial charge in [0.15, 0.2) is 0 Å². The molecule has 0 saturated carbocycles. The quantitative estimate of drug-likeness (QED) is 0.760. The maximum absolute atomic E-state index is 13.2. The van der Waals surface area contributed by atoms with Crippen LogP contribution >= 0.6 is 0 Å². The minimum absolute atomic E-state index is 0.0786. The maximum Gasteiger partial charge on any atom is 0.253 e.